The van der Waals surface area contributed by atoms with Crippen LogP contribution in [0.2, 0.25) is 0 Å². The van der Waals surface area contributed by atoms with Gasteiger partial charge in [0.15, 0.2) is 0 Å². The number of rotatable bonds is 7. The second-order valence-corrected chi connectivity index (χ2v) is 7.31. The molecule has 3 rings (SSSR count). The second-order valence-electron chi connectivity index (χ2n) is 5.62. The summed E-state index contributed by atoms with van der Waals surface area (Å²) in [6, 6.07) is 3.07. The molecule has 106 valence electrons. The highest BCUT2D eigenvalue weighted by Crippen LogP contribution is 2.48. The maximum atomic E-state index is 12.1. The Bertz CT molecular complexity index is 532. The van der Waals surface area contributed by atoms with Crippen LogP contribution in [0.5, 0.6) is 0 Å². The molecule has 0 spiro atoms. The first kappa shape index (κ1) is 13.1. The first-order valence-corrected chi connectivity index (χ1v) is 8.37. The molecule has 0 aliphatic heterocycles. The van der Waals surface area contributed by atoms with Gasteiger partial charge in [-0.25, -0.2) is 13.1 Å². The molecule has 2 saturated carbocycles. The molecule has 3 N–H and O–H groups in total. The van der Waals surface area contributed by atoms with Gasteiger partial charge in [-0.15, -0.1) is 0 Å². The van der Waals surface area contributed by atoms with Gasteiger partial charge in [0.1, 0.15) is 5.76 Å². The fourth-order valence-electron chi connectivity index (χ4n) is 2.66. The smallest absolute Gasteiger partial charge is 0.273 e. The van der Waals surface area contributed by atoms with Gasteiger partial charge in [-0.1, -0.05) is 0 Å². The highest BCUT2D eigenvalue weighted by atomic mass is 32.2. The number of sulfonamides is 1. The van der Waals surface area contributed by atoms with Crippen molar-refractivity contribution >= 4 is 10.0 Å². The van der Waals surface area contributed by atoms with Gasteiger partial charge in [-0.2, -0.15) is 0 Å². The standard InChI is InChI=1S/C13H20N2O3S/c14-7-11-5-6-13(18-11)19(16,17)15-8-12(9-1-2-9)10-3-4-10/h5-6,9-10,12,15H,1-4,7-8,14H2. The lowest BCUT2D eigenvalue weighted by Crippen LogP contribution is -2.31. The Morgan fingerprint density at radius 1 is 1.26 bits per heavy atom. The van der Waals surface area contributed by atoms with Gasteiger partial charge in [0.25, 0.3) is 10.0 Å². The summed E-state index contributed by atoms with van der Waals surface area (Å²) in [5.74, 6) is 2.46. The molecule has 0 aromatic carbocycles. The normalized spacial score (nSPS) is 20.1. The molecule has 1 aromatic heterocycles. The van der Waals surface area contributed by atoms with E-state index in [1.54, 1.807) is 6.07 Å². The lowest BCUT2D eigenvalue weighted by molar-refractivity contribution is 0.389. The van der Waals surface area contributed by atoms with Gasteiger partial charge in [-0.05, 0) is 55.6 Å². The van der Waals surface area contributed by atoms with E-state index in [1.165, 1.54) is 31.7 Å². The number of nitrogens with two attached hydrogens (primary N) is 1. The van der Waals surface area contributed by atoms with Crippen molar-refractivity contribution in [1.29, 1.82) is 0 Å². The molecule has 19 heavy (non-hydrogen) atoms. The van der Waals surface area contributed by atoms with Crippen molar-refractivity contribution in [2.75, 3.05) is 6.54 Å². The van der Waals surface area contributed by atoms with Crippen LogP contribution in [0.4, 0.5) is 0 Å². The van der Waals surface area contributed by atoms with Crippen molar-refractivity contribution in [1.82, 2.24) is 4.72 Å². The van der Waals surface area contributed by atoms with Crippen molar-refractivity contribution in [2.45, 2.75) is 37.3 Å². The molecule has 6 heteroatoms. The van der Waals surface area contributed by atoms with Gasteiger partial charge in [0.05, 0.1) is 6.54 Å². The Morgan fingerprint density at radius 2 is 1.89 bits per heavy atom. The van der Waals surface area contributed by atoms with E-state index in [0.717, 1.165) is 11.8 Å². The number of hydrogen-bond acceptors (Lipinski definition) is 4. The van der Waals surface area contributed by atoms with Crippen LogP contribution in [0.25, 0.3) is 0 Å². The largest absolute Gasteiger partial charge is 0.447 e. The topological polar surface area (TPSA) is 85.3 Å². The summed E-state index contributed by atoms with van der Waals surface area (Å²) in [6.07, 6.45) is 5.00. The van der Waals surface area contributed by atoms with Crippen molar-refractivity contribution in [3.05, 3.63) is 17.9 Å². The Hall–Kier alpha value is -0.850. The van der Waals surface area contributed by atoms with Crippen LogP contribution < -0.4 is 10.5 Å². The first-order valence-electron chi connectivity index (χ1n) is 6.88. The maximum Gasteiger partial charge on any atom is 0.273 e. The Balaban J connectivity index is 1.64. The Kier molecular flexibility index (Phi) is 3.41. The number of hydrogen-bond donors (Lipinski definition) is 2. The molecular weight excluding hydrogens is 264 g/mol. The molecule has 0 unspecified atom stereocenters. The summed E-state index contributed by atoms with van der Waals surface area (Å²) in [7, 11) is -3.53. The first-order chi connectivity index (χ1) is 9.10. The van der Waals surface area contributed by atoms with E-state index >= 15 is 0 Å². The average Bonchev–Trinajstić information content (AvgIpc) is 3.30. The van der Waals surface area contributed by atoms with Gasteiger partial charge >= 0.3 is 0 Å². The van der Waals surface area contributed by atoms with Crippen LogP contribution in [0.3, 0.4) is 0 Å². The molecule has 2 fully saturated rings. The van der Waals surface area contributed by atoms with E-state index < -0.39 is 10.0 Å². The predicted octanol–water partition coefficient (Wildman–Crippen LogP) is 1.45. The van der Waals surface area contributed by atoms with E-state index in [-0.39, 0.29) is 11.6 Å². The molecule has 0 radical (unpaired) electrons. The molecule has 2 aliphatic rings. The fourth-order valence-corrected chi connectivity index (χ4v) is 3.67. The van der Waals surface area contributed by atoms with Crippen LogP contribution in [-0.2, 0) is 16.6 Å². The minimum absolute atomic E-state index is 0.0294. The van der Waals surface area contributed by atoms with Crippen molar-refractivity contribution in [3.8, 4) is 0 Å². The van der Waals surface area contributed by atoms with Crippen molar-refractivity contribution in [2.24, 2.45) is 23.5 Å². The lowest BCUT2D eigenvalue weighted by Gasteiger charge is -2.15. The minimum atomic E-state index is -3.53. The van der Waals surface area contributed by atoms with Gasteiger partial charge < -0.3 is 10.2 Å². The summed E-state index contributed by atoms with van der Waals surface area (Å²) in [4.78, 5) is 0. The zero-order valence-electron chi connectivity index (χ0n) is 10.8. The molecule has 0 saturated heterocycles. The third kappa shape index (κ3) is 3.01. The zero-order chi connectivity index (χ0) is 13.5. The van der Waals surface area contributed by atoms with E-state index in [4.69, 9.17) is 10.2 Å². The van der Waals surface area contributed by atoms with E-state index in [0.29, 0.717) is 18.2 Å². The van der Waals surface area contributed by atoms with Gasteiger partial charge in [0, 0.05) is 6.54 Å². The maximum absolute atomic E-state index is 12.1. The van der Waals surface area contributed by atoms with Crippen LogP contribution in [0.1, 0.15) is 31.4 Å². The molecule has 5 nitrogen and oxygen atoms in total. The Labute approximate surface area is 113 Å². The molecule has 2 aliphatic carbocycles. The molecule has 0 bridgehead atoms. The highest BCUT2D eigenvalue weighted by Gasteiger charge is 2.41. The van der Waals surface area contributed by atoms with Gasteiger partial charge in [0.2, 0.25) is 5.09 Å². The third-order valence-corrected chi connectivity index (χ3v) is 5.36. The second kappa shape index (κ2) is 4.92. The van der Waals surface area contributed by atoms with Crippen molar-refractivity contribution < 1.29 is 12.8 Å². The Morgan fingerprint density at radius 3 is 2.37 bits per heavy atom. The molecule has 0 amide bonds. The summed E-state index contributed by atoms with van der Waals surface area (Å²) < 4.78 is 32.1. The monoisotopic (exact) mass is 284 g/mol. The average molecular weight is 284 g/mol. The predicted molar refractivity (Wildman–Crippen MR) is 70.7 cm³/mol. The van der Waals surface area contributed by atoms with Gasteiger partial charge in [-0.3, -0.25) is 0 Å². The zero-order valence-corrected chi connectivity index (χ0v) is 11.7. The number of nitrogens with one attached hydrogen (secondary N) is 1. The van der Waals surface area contributed by atoms with E-state index in [2.05, 4.69) is 4.72 Å². The minimum Gasteiger partial charge on any atom is -0.447 e. The van der Waals surface area contributed by atoms with Crippen LogP contribution in [-0.4, -0.2) is 15.0 Å². The van der Waals surface area contributed by atoms with Crippen LogP contribution in [0, 0.1) is 17.8 Å². The quantitative estimate of drug-likeness (QED) is 0.793. The van der Waals surface area contributed by atoms with Crippen molar-refractivity contribution in [3.63, 3.8) is 0 Å². The molecule has 1 heterocycles. The lowest BCUT2D eigenvalue weighted by atomic mass is 9.99. The highest BCUT2D eigenvalue weighted by molar-refractivity contribution is 7.89. The summed E-state index contributed by atoms with van der Waals surface area (Å²) in [5.41, 5.74) is 5.42. The molecule has 1 aromatic rings. The molecular formula is C13H20N2O3S. The summed E-state index contributed by atoms with van der Waals surface area (Å²) in [5, 5.41) is -0.0294. The fraction of sp³-hybridized carbons (Fsp3) is 0.692. The van der Waals surface area contributed by atoms with Crippen LogP contribution >= 0.6 is 0 Å². The third-order valence-electron chi connectivity index (χ3n) is 4.07. The van der Waals surface area contributed by atoms with Crippen LogP contribution in [0.15, 0.2) is 21.6 Å². The number of furan rings is 1. The summed E-state index contributed by atoms with van der Waals surface area (Å²) >= 11 is 0. The van der Waals surface area contributed by atoms with E-state index in [1.807, 2.05) is 0 Å². The SMILES string of the molecule is NCc1ccc(S(=O)(=O)NCC(C2CC2)C2CC2)o1. The van der Waals surface area contributed by atoms with E-state index in [9.17, 15) is 8.42 Å². The summed E-state index contributed by atoms with van der Waals surface area (Å²) in [6.45, 7) is 0.749. The molecule has 0 atom stereocenters.